The highest BCUT2D eigenvalue weighted by molar-refractivity contribution is 5.82. The van der Waals surface area contributed by atoms with E-state index < -0.39 is 4.92 Å². The van der Waals surface area contributed by atoms with Crippen LogP contribution in [0.2, 0.25) is 0 Å². The van der Waals surface area contributed by atoms with Crippen LogP contribution in [-0.4, -0.2) is 16.3 Å². The zero-order valence-electron chi connectivity index (χ0n) is 6.89. The van der Waals surface area contributed by atoms with Gasteiger partial charge in [-0.15, -0.1) is 0 Å². The monoisotopic (exact) mass is 170 g/mol. The minimum Gasteiger partial charge on any atom is -0.411 e. The van der Waals surface area contributed by atoms with Crippen LogP contribution in [0.4, 0.5) is 0 Å². The van der Waals surface area contributed by atoms with Crippen molar-refractivity contribution in [3.8, 4) is 0 Å². The van der Waals surface area contributed by atoms with Gasteiger partial charge in [0.05, 0.1) is 16.7 Å². The predicted octanol–water partition coefficient (Wildman–Crippen LogP) is 1.57. The molecule has 0 rings (SSSR count). The third-order valence-electron chi connectivity index (χ3n) is 1.27. The zero-order chi connectivity index (χ0) is 9.56. The quantitative estimate of drug-likeness (QED) is 0.229. The molecule has 66 valence electrons. The Morgan fingerprint density at radius 2 is 2.08 bits per heavy atom. The van der Waals surface area contributed by atoms with Crippen LogP contribution in [0.3, 0.4) is 0 Å². The Labute approximate surface area is 69.8 Å². The van der Waals surface area contributed by atoms with Gasteiger partial charge in [0.25, 0.3) is 5.70 Å². The molecule has 5 heteroatoms. The van der Waals surface area contributed by atoms with Crippen molar-refractivity contribution in [1.29, 1.82) is 0 Å². The molecule has 0 saturated heterocycles. The van der Waals surface area contributed by atoms with Crippen LogP contribution in [0.1, 0.15) is 13.8 Å². The van der Waals surface area contributed by atoms with Gasteiger partial charge >= 0.3 is 0 Å². The Bertz CT molecular complexity index is 253. The van der Waals surface area contributed by atoms with Crippen molar-refractivity contribution in [2.24, 2.45) is 5.16 Å². The normalized spacial score (nSPS) is 13.8. The van der Waals surface area contributed by atoms with Crippen molar-refractivity contribution >= 4 is 6.21 Å². The second-order valence-electron chi connectivity index (χ2n) is 1.92. The Morgan fingerprint density at radius 3 is 2.33 bits per heavy atom. The van der Waals surface area contributed by atoms with Gasteiger partial charge in [0.15, 0.2) is 0 Å². The lowest BCUT2D eigenvalue weighted by Crippen LogP contribution is -2.02. The molecule has 5 nitrogen and oxygen atoms in total. The molecule has 0 fully saturated rings. The van der Waals surface area contributed by atoms with Gasteiger partial charge in [-0.25, -0.2) is 0 Å². The Hall–Kier alpha value is -1.65. The Morgan fingerprint density at radius 1 is 1.50 bits per heavy atom. The topological polar surface area (TPSA) is 75.7 Å². The van der Waals surface area contributed by atoms with E-state index in [2.05, 4.69) is 5.16 Å². The van der Waals surface area contributed by atoms with Gasteiger partial charge in [-0.3, -0.25) is 10.1 Å². The van der Waals surface area contributed by atoms with Gasteiger partial charge in [0.2, 0.25) is 0 Å². The molecule has 0 aliphatic rings. The first-order chi connectivity index (χ1) is 5.67. The van der Waals surface area contributed by atoms with E-state index in [4.69, 9.17) is 5.21 Å². The third-order valence-corrected chi connectivity index (χ3v) is 1.27. The lowest BCUT2D eigenvalue weighted by Gasteiger charge is -1.95. The Balaban J connectivity index is 4.85. The molecule has 0 bridgehead atoms. The van der Waals surface area contributed by atoms with E-state index in [9.17, 15) is 10.1 Å². The SMILES string of the molecule is C/C=C(/C=N/O)C(=C/C)\[N+](=O)[O-]. The highest BCUT2D eigenvalue weighted by Crippen LogP contribution is 2.07. The fourth-order valence-electron chi connectivity index (χ4n) is 0.728. The average Bonchev–Trinajstić information content (AvgIpc) is 2.03. The fourth-order valence-corrected chi connectivity index (χ4v) is 0.728. The molecular weight excluding hydrogens is 160 g/mol. The maximum absolute atomic E-state index is 10.4. The van der Waals surface area contributed by atoms with Crippen molar-refractivity contribution in [2.75, 3.05) is 0 Å². The molecule has 0 aliphatic carbocycles. The van der Waals surface area contributed by atoms with Crippen molar-refractivity contribution in [3.63, 3.8) is 0 Å². The largest absolute Gasteiger partial charge is 0.411 e. The highest BCUT2D eigenvalue weighted by atomic mass is 16.6. The highest BCUT2D eigenvalue weighted by Gasteiger charge is 2.12. The first kappa shape index (κ1) is 10.3. The molecule has 0 atom stereocenters. The van der Waals surface area contributed by atoms with E-state index in [1.54, 1.807) is 13.8 Å². The van der Waals surface area contributed by atoms with E-state index in [1.165, 1.54) is 12.2 Å². The molecule has 0 aromatic rings. The summed E-state index contributed by atoms with van der Waals surface area (Å²) in [5.74, 6) is 0. The minimum atomic E-state index is -0.531. The van der Waals surface area contributed by atoms with E-state index in [0.717, 1.165) is 6.21 Å². The molecule has 0 spiro atoms. The predicted molar refractivity (Wildman–Crippen MR) is 44.8 cm³/mol. The second kappa shape index (κ2) is 5.06. The molecule has 12 heavy (non-hydrogen) atoms. The van der Waals surface area contributed by atoms with E-state index in [1.807, 2.05) is 0 Å². The van der Waals surface area contributed by atoms with E-state index >= 15 is 0 Å². The summed E-state index contributed by atoms with van der Waals surface area (Å²) in [6, 6.07) is 0. The van der Waals surface area contributed by atoms with E-state index in [0.29, 0.717) is 0 Å². The molecular formula is C7H10N2O3. The smallest absolute Gasteiger partial charge is 0.273 e. The summed E-state index contributed by atoms with van der Waals surface area (Å²) in [6.07, 6.45) is 3.87. The van der Waals surface area contributed by atoms with Crippen LogP contribution in [0, 0.1) is 10.1 Å². The molecule has 0 saturated carbocycles. The first-order valence-electron chi connectivity index (χ1n) is 3.32. The molecule has 0 aromatic carbocycles. The number of allylic oxidation sites excluding steroid dienone is 3. The van der Waals surface area contributed by atoms with Crippen LogP contribution in [0.15, 0.2) is 28.6 Å². The molecule has 0 unspecified atom stereocenters. The van der Waals surface area contributed by atoms with Gasteiger partial charge in [-0.2, -0.15) is 0 Å². The number of nitro groups is 1. The third kappa shape index (κ3) is 2.53. The van der Waals surface area contributed by atoms with Gasteiger partial charge in [0, 0.05) is 0 Å². The molecule has 0 radical (unpaired) electrons. The fraction of sp³-hybridized carbons (Fsp3) is 0.286. The molecule has 0 amide bonds. The minimum absolute atomic E-state index is 0.0738. The maximum Gasteiger partial charge on any atom is 0.273 e. The summed E-state index contributed by atoms with van der Waals surface area (Å²) >= 11 is 0. The zero-order valence-corrected chi connectivity index (χ0v) is 6.89. The van der Waals surface area contributed by atoms with Gasteiger partial charge in [0.1, 0.15) is 0 Å². The number of rotatable bonds is 3. The Kier molecular flexibility index (Phi) is 4.36. The second-order valence-corrected chi connectivity index (χ2v) is 1.92. The van der Waals surface area contributed by atoms with Crippen LogP contribution in [0.5, 0.6) is 0 Å². The molecule has 1 N–H and O–H groups in total. The molecule has 0 aliphatic heterocycles. The lowest BCUT2D eigenvalue weighted by atomic mass is 10.2. The van der Waals surface area contributed by atoms with Gasteiger partial charge in [-0.1, -0.05) is 11.2 Å². The van der Waals surface area contributed by atoms with Crippen molar-refractivity contribution in [3.05, 3.63) is 33.5 Å². The van der Waals surface area contributed by atoms with Crippen LogP contribution < -0.4 is 0 Å². The van der Waals surface area contributed by atoms with Gasteiger partial charge in [-0.05, 0) is 19.9 Å². The molecule has 0 aromatic heterocycles. The summed E-state index contributed by atoms with van der Waals surface area (Å²) < 4.78 is 0. The standard InChI is InChI=1S/C7H10N2O3/c1-3-6(5-8-10)7(4-2)9(11)12/h3-5,10H,1-2H3/b6-3-,7-4+,8-5+. The van der Waals surface area contributed by atoms with Gasteiger partial charge < -0.3 is 5.21 Å². The number of hydrogen-bond acceptors (Lipinski definition) is 4. The summed E-state index contributed by atoms with van der Waals surface area (Å²) in [7, 11) is 0. The number of hydrogen-bond donors (Lipinski definition) is 1. The summed E-state index contributed by atoms with van der Waals surface area (Å²) in [4.78, 5) is 9.83. The van der Waals surface area contributed by atoms with Crippen LogP contribution in [-0.2, 0) is 0 Å². The average molecular weight is 170 g/mol. The number of oxime groups is 1. The summed E-state index contributed by atoms with van der Waals surface area (Å²) in [6.45, 7) is 3.18. The van der Waals surface area contributed by atoms with Crippen LogP contribution in [0.25, 0.3) is 0 Å². The number of nitrogens with zero attached hydrogens (tertiary/aromatic N) is 2. The van der Waals surface area contributed by atoms with Crippen molar-refractivity contribution < 1.29 is 10.1 Å². The molecule has 0 heterocycles. The summed E-state index contributed by atoms with van der Waals surface area (Å²) in [5.41, 5.74) is 0.209. The lowest BCUT2D eigenvalue weighted by molar-refractivity contribution is -0.420. The first-order valence-corrected chi connectivity index (χ1v) is 3.32. The van der Waals surface area contributed by atoms with Crippen LogP contribution >= 0.6 is 0 Å². The van der Waals surface area contributed by atoms with E-state index in [-0.39, 0.29) is 11.3 Å². The summed E-state index contributed by atoms with van der Waals surface area (Å²) in [5, 5.41) is 21.3. The maximum atomic E-state index is 10.4. The van der Waals surface area contributed by atoms with Crippen molar-refractivity contribution in [1.82, 2.24) is 0 Å². The van der Waals surface area contributed by atoms with Crippen molar-refractivity contribution in [2.45, 2.75) is 13.8 Å².